The zero-order chi connectivity index (χ0) is 14.7. The van der Waals surface area contributed by atoms with Crippen LogP contribution in [0.1, 0.15) is 23.0 Å². The summed E-state index contributed by atoms with van der Waals surface area (Å²) >= 11 is 6.15. The van der Waals surface area contributed by atoms with Crippen LogP contribution < -0.4 is 11.1 Å². The summed E-state index contributed by atoms with van der Waals surface area (Å²) in [5.74, 6) is -0.182. The summed E-state index contributed by atoms with van der Waals surface area (Å²) in [7, 11) is 0. The van der Waals surface area contributed by atoms with Crippen LogP contribution in [-0.4, -0.2) is 28.3 Å². The van der Waals surface area contributed by atoms with Crippen LogP contribution in [0.3, 0.4) is 0 Å². The molecule has 0 spiro atoms. The molecule has 0 saturated heterocycles. The van der Waals surface area contributed by atoms with Crippen molar-refractivity contribution in [2.45, 2.75) is 19.9 Å². The van der Waals surface area contributed by atoms with E-state index in [9.17, 15) is 4.79 Å². The molecule has 20 heavy (non-hydrogen) atoms. The highest BCUT2D eigenvalue weighted by molar-refractivity contribution is 6.32. The van der Waals surface area contributed by atoms with Crippen molar-refractivity contribution in [1.29, 1.82) is 0 Å². The summed E-state index contributed by atoms with van der Waals surface area (Å²) in [4.78, 5) is 12.1. The lowest BCUT2D eigenvalue weighted by atomic mass is 10.2. The van der Waals surface area contributed by atoms with Crippen molar-refractivity contribution in [2.24, 2.45) is 5.73 Å². The number of carbonyl (C=O) groups excluding carboxylic acids is 1. The van der Waals surface area contributed by atoms with Crippen molar-refractivity contribution in [1.82, 2.24) is 15.1 Å². The fourth-order valence-electron chi connectivity index (χ4n) is 1.86. The Kier molecular flexibility index (Phi) is 4.42. The SMILES string of the molecule is Cc1c(C(=O)N[C@@H](C)CN)cnn1-c1ccccc1Cl. The second kappa shape index (κ2) is 6.07. The second-order valence-corrected chi connectivity index (χ2v) is 5.02. The molecule has 1 amide bonds. The molecule has 0 bridgehead atoms. The normalized spacial score (nSPS) is 12.2. The number of para-hydroxylation sites is 1. The van der Waals surface area contributed by atoms with E-state index in [2.05, 4.69) is 10.4 Å². The smallest absolute Gasteiger partial charge is 0.255 e. The van der Waals surface area contributed by atoms with Gasteiger partial charge in [-0.15, -0.1) is 0 Å². The highest BCUT2D eigenvalue weighted by Crippen LogP contribution is 2.21. The summed E-state index contributed by atoms with van der Waals surface area (Å²) in [5, 5.41) is 7.64. The number of benzene rings is 1. The van der Waals surface area contributed by atoms with E-state index in [0.29, 0.717) is 17.1 Å². The van der Waals surface area contributed by atoms with E-state index in [1.807, 2.05) is 32.0 Å². The lowest BCUT2D eigenvalue weighted by Crippen LogP contribution is -2.37. The Bertz CT molecular complexity index is 623. The van der Waals surface area contributed by atoms with Gasteiger partial charge in [-0.05, 0) is 26.0 Å². The summed E-state index contributed by atoms with van der Waals surface area (Å²) < 4.78 is 1.66. The molecule has 5 nitrogen and oxygen atoms in total. The molecule has 1 aromatic heterocycles. The third-order valence-corrected chi connectivity index (χ3v) is 3.39. The fourth-order valence-corrected chi connectivity index (χ4v) is 2.08. The summed E-state index contributed by atoms with van der Waals surface area (Å²) in [6.07, 6.45) is 1.54. The van der Waals surface area contributed by atoms with Crippen molar-refractivity contribution in [3.8, 4) is 5.69 Å². The maximum absolute atomic E-state index is 12.1. The molecule has 0 aliphatic rings. The van der Waals surface area contributed by atoms with Gasteiger partial charge in [-0.1, -0.05) is 23.7 Å². The third kappa shape index (κ3) is 2.84. The van der Waals surface area contributed by atoms with Crippen LogP contribution in [0.25, 0.3) is 5.69 Å². The van der Waals surface area contributed by atoms with E-state index in [0.717, 1.165) is 11.4 Å². The minimum atomic E-state index is -0.182. The van der Waals surface area contributed by atoms with Gasteiger partial charge in [-0.2, -0.15) is 5.10 Å². The van der Waals surface area contributed by atoms with Gasteiger partial charge in [-0.3, -0.25) is 4.79 Å². The number of amides is 1. The molecule has 1 aromatic carbocycles. The average Bonchev–Trinajstić information content (AvgIpc) is 2.81. The van der Waals surface area contributed by atoms with Crippen LogP contribution in [0.2, 0.25) is 5.02 Å². The minimum Gasteiger partial charge on any atom is -0.348 e. The van der Waals surface area contributed by atoms with Crippen LogP contribution in [0.15, 0.2) is 30.5 Å². The molecule has 2 rings (SSSR count). The molecule has 0 aliphatic carbocycles. The first-order valence-corrected chi connectivity index (χ1v) is 6.73. The summed E-state index contributed by atoms with van der Waals surface area (Å²) in [6, 6.07) is 7.28. The Labute approximate surface area is 122 Å². The molecule has 0 aliphatic heterocycles. The molecule has 106 valence electrons. The molecule has 1 atom stereocenters. The van der Waals surface area contributed by atoms with Crippen LogP contribution in [0.5, 0.6) is 0 Å². The first-order valence-electron chi connectivity index (χ1n) is 6.35. The molecule has 0 unspecified atom stereocenters. The van der Waals surface area contributed by atoms with E-state index in [4.69, 9.17) is 17.3 Å². The van der Waals surface area contributed by atoms with E-state index in [1.165, 1.54) is 6.20 Å². The molecular formula is C14H17ClN4O. The van der Waals surface area contributed by atoms with E-state index < -0.39 is 0 Å². The van der Waals surface area contributed by atoms with Crippen molar-refractivity contribution < 1.29 is 4.79 Å². The maximum atomic E-state index is 12.1. The van der Waals surface area contributed by atoms with Gasteiger partial charge in [0.25, 0.3) is 5.91 Å². The highest BCUT2D eigenvalue weighted by atomic mass is 35.5. The third-order valence-electron chi connectivity index (χ3n) is 3.07. The predicted molar refractivity (Wildman–Crippen MR) is 79.3 cm³/mol. The van der Waals surface area contributed by atoms with Gasteiger partial charge < -0.3 is 11.1 Å². The standard InChI is InChI=1S/C14H17ClN4O/c1-9(7-16)18-14(20)11-8-17-19(10(11)2)13-6-4-3-5-12(13)15/h3-6,8-9H,7,16H2,1-2H3,(H,18,20)/t9-/m0/s1. The number of nitrogens with zero attached hydrogens (tertiary/aromatic N) is 2. The van der Waals surface area contributed by atoms with E-state index in [-0.39, 0.29) is 11.9 Å². The van der Waals surface area contributed by atoms with E-state index >= 15 is 0 Å². The predicted octanol–water partition coefficient (Wildman–Crippen LogP) is 1.91. The molecule has 2 aromatic rings. The van der Waals surface area contributed by atoms with Crippen LogP contribution in [-0.2, 0) is 0 Å². The number of rotatable bonds is 4. The second-order valence-electron chi connectivity index (χ2n) is 4.62. The summed E-state index contributed by atoms with van der Waals surface area (Å²) in [6.45, 7) is 4.08. The summed E-state index contributed by atoms with van der Waals surface area (Å²) in [5.41, 5.74) is 7.50. The molecule has 1 heterocycles. The minimum absolute atomic E-state index is 0.0782. The Balaban J connectivity index is 2.32. The van der Waals surface area contributed by atoms with Crippen molar-refractivity contribution in [3.05, 3.63) is 46.7 Å². The molecule has 0 saturated carbocycles. The molecular weight excluding hydrogens is 276 g/mol. The first-order chi connectivity index (χ1) is 9.54. The zero-order valence-electron chi connectivity index (χ0n) is 11.4. The van der Waals surface area contributed by atoms with Gasteiger partial charge in [0.1, 0.15) is 0 Å². The zero-order valence-corrected chi connectivity index (χ0v) is 12.2. The quantitative estimate of drug-likeness (QED) is 0.904. The highest BCUT2D eigenvalue weighted by Gasteiger charge is 2.17. The molecule has 0 radical (unpaired) electrons. The van der Waals surface area contributed by atoms with Gasteiger partial charge in [0.15, 0.2) is 0 Å². The van der Waals surface area contributed by atoms with Gasteiger partial charge in [0, 0.05) is 12.6 Å². The first kappa shape index (κ1) is 14.6. The Morgan fingerprint density at radius 2 is 2.20 bits per heavy atom. The van der Waals surface area contributed by atoms with Crippen molar-refractivity contribution in [3.63, 3.8) is 0 Å². The number of hydrogen-bond acceptors (Lipinski definition) is 3. The largest absolute Gasteiger partial charge is 0.348 e. The maximum Gasteiger partial charge on any atom is 0.255 e. The Hall–Kier alpha value is -1.85. The van der Waals surface area contributed by atoms with Gasteiger partial charge in [0.2, 0.25) is 0 Å². The number of nitrogens with one attached hydrogen (secondary N) is 1. The Morgan fingerprint density at radius 1 is 1.50 bits per heavy atom. The number of hydrogen-bond donors (Lipinski definition) is 2. The molecule has 6 heteroatoms. The van der Waals surface area contributed by atoms with Gasteiger partial charge in [-0.25, -0.2) is 4.68 Å². The molecule has 0 fully saturated rings. The number of carbonyl (C=O) groups is 1. The van der Waals surface area contributed by atoms with E-state index in [1.54, 1.807) is 10.7 Å². The fraction of sp³-hybridized carbons (Fsp3) is 0.286. The topological polar surface area (TPSA) is 72.9 Å². The van der Waals surface area contributed by atoms with Gasteiger partial charge in [0.05, 0.1) is 28.2 Å². The van der Waals surface area contributed by atoms with Crippen molar-refractivity contribution in [2.75, 3.05) is 6.54 Å². The Morgan fingerprint density at radius 3 is 2.85 bits per heavy atom. The van der Waals surface area contributed by atoms with Gasteiger partial charge >= 0.3 is 0 Å². The molecule has 3 N–H and O–H groups in total. The number of aromatic nitrogens is 2. The van der Waals surface area contributed by atoms with Crippen molar-refractivity contribution >= 4 is 17.5 Å². The number of halogens is 1. The van der Waals surface area contributed by atoms with Crippen LogP contribution in [0.4, 0.5) is 0 Å². The number of nitrogens with two attached hydrogens (primary N) is 1. The lowest BCUT2D eigenvalue weighted by molar-refractivity contribution is 0.0940. The lowest BCUT2D eigenvalue weighted by Gasteiger charge is -2.11. The average molecular weight is 293 g/mol. The monoisotopic (exact) mass is 292 g/mol. The van der Waals surface area contributed by atoms with Crippen LogP contribution >= 0.6 is 11.6 Å². The van der Waals surface area contributed by atoms with Crippen LogP contribution in [0, 0.1) is 6.92 Å².